The van der Waals surface area contributed by atoms with Gasteiger partial charge >= 0.3 is 6.18 Å². The summed E-state index contributed by atoms with van der Waals surface area (Å²) in [5, 5.41) is 2.56. The lowest BCUT2D eigenvalue weighted by molar-refractivity contribution is -0.137. The Labute approximate surface area is 137 Å². The van der Waals surface area contributed by atoms with Crippen LogP contribution in [0.5, 0.6) is 11.5 Å². The summed E-state index contributed by atoms with van der Waals surface area (Å²) in [4.78, 5) is 12.1. The predicted octanol–water partition coefficient (Wildman–Crippen LogP) is 3.90. The van der Waals surface area contributed by atoms with E-state index in [1.54, 1.807) is 18.2 Å². The molecular weight excluding hydrogens is 323 g/mol. The molecule has 0 aliphatic rings. The SMILES string of the molecule is COc1ccc(OC)c(CC(=O)Nc2ccc(C(F)(F)F)cc2)c1. The van der Waals surface area contributed by atoms with Crippen LogP contribution < -0.4 is 14.8 Å². The number of carbonyl (C=O) groups is 1. The summed E-state index contributed by atoms with van der Waals surface area (Å²) in [6.45, 7) is 0. The zero-order valence-corrected chi connectivity index (χ0v) is 13.1. The number of rotatable bonds is 5. The van der Waals surface area contributed by atoms with Crippen molar-refractivity contribution in [3.63, 3.8) is 0 Å². The third kappa shape index (κ3) is 4.41. The average molecular weight is 339 g/mol. The third-order valence-electron chi connectivity index (χ3n) is 3.33. The molecule has 0 spiro atoms. The molecule has 0 radical (unpaired) electrons. The monoisotopic (exact) mass is 339 g/mol. The fraction of sp³-hybridized carbons (Fsp3) is 0.235. The van der Waals surface area contributed by atoms with E-state index in [0.717, 1.165) is 12.1 Å². The van der Waals surface area contributed by atoms with E-state index in [1.165, 1.54) is 26.4 Å². The Morgan fingerprint density at radius 3 is 2.25 bits per heavy atom. The number of hydrogen-bond donors (Lipinski definition) is 1. The van der Waals surface area contributed by atoms with Crippen molar-refractivity contribution in [3.8, 4) is 11.5 Å². The van der Waals surface area contributed by atoms with Crippen LogP contribution in [0.1, 0.15) is 11.1 Å². The van der Waals surface area contributed by atoms with Gasteiger partial charge in [-0.1, -0.05) is 0 Å². The summed E-state index contributed by atoms with van der Waals surface area (Å²) in [5.74, 6) is 0.729. The van der Waals surface area contributed by atoms with Gasteiger partial charge in [0.25, 0.3) is 0 Å². The van der Waals surface area contributed by atoms with Crippen molar-refractivity contribution in [1.82, 2.24) is 0 Å². The predicted molar refractivity (Wildman–Crippen MR) is 83.3 cm³/mol. The van der Waals surface area contributed by atoms with E-state index >= 15 is 0 Å². The largest absolute Gasteiger partial charge is 0.497 e. The zero-order chi connectivity index (χ0) is 17.7. The number of ether oxygens (including phenoxy) is 2. The van der Waals surface area contributed by atoms with Gasteiger partial charge in [-0.25, -0.2) is 0 Å². The van der Waals surface area contributed by atoms with E-state index in [-0.39, 0.29) is 18.0 Å². The Hall–Kier alpha value is -2.70. The van der Waals surface area contributed by atoms with E-state index in [1.807, 2.05) is 0 Å². The Bertz CT molecular complexity index is 712. The van der Waals surface area contributed by atoms with Crippen LogP contribution >= 0.6 is 0 Å². The first-order valence-corrected chi connectivity index (χ1v) is 7.01. The number of benzene rings is 2. The Morgan fingerprint density at radius 2 is 1.71 bits per heavy atom. The van der Waals surface area contributed by atoms with Crippen LogP contribution in [-0.4, -0.2) is 20.1 Å². The first-order chi connectivity index (χ1) is 11.3. The van der Waals surface area contributed by atoms with Crippen molar-refractivity contribution in [1.29, 1.82) is 0 Å². The molecule has 1 N–H and O–H groups in total. The number of anilines is 1. The molecule has 4 nitrogen and oxygen atoms in total. The second-order valence-electron chi connectivity index (χ2n) is 4.98. The number of amides is 1. The highest BCUT2D eigenvalue weighted by Gasteiger charge is 2.29. The van der Waals surface area contributed by atoms with Crippen LogP contribution in [-0.2, 0) is 17.4 Å². The van der Waals surface area contributed by atoms with Crippen molar-refractivity contribution < 1.29 is 27.4 Å². The molecule has 1 amide bonds. The quantitative estimate of drug-likeness (QED) is 0.899. The topological polar surface area (TPSA) is 47.6 Å². The second-order valence-corrected chi connectivity index (χ2v) is 4.98. The first kappa shape index (κ1) is 17.7. The Balaban J connectivity index is 2.08. The smallest absolute Gasteiger partial charge is 0.416 e. The summed E-state index contributed by atoms with van der Waals surface area (Å²) in [6, 6.07) is 9.32. The molecule has 0 aromatic heterocycles. The second kappa shape index (κ2) is 7.25. The van der Waals surface area contributed by atoms with Crippen molar-refractivity contribution in [3.05, 3.63) is 53.6 Å². The highest BCUT2D eigenvalue weighted by Crippen LogP contribution is 2.30. The minimum Gasteiger partial charge on any atom is -0.497 e. The molecule has 2 aromatic rings. The molecule has 0 fully saturated rings. The van der Waals surface area contributed by atoms with Crippen LogP contribution in [0.15, 0.2) is 42.5 Å². The number of halogens is 3. The van der Waals surface area contributed by atoms with Crippen molar-refractivity contribution in [2.24, 2.45) is 0 Å². The molecule has 7 heteroatoms. The molecule has 0 heterocycles. The van der Waals surface area contributed by atoms with Crippen LogP contribution in [0.25, 0.3) is 0 Å². The Kier molecular flexibility index (Phi) is 5.33. The molecule has 2 rings (SSSR count). The molecular formula is C17H16F3NO3. The fourth-order valence-electron chi connectivity index (χ4n) is 2.14. The van der Waals surface area contributed by atoms with Crippen molar-refractivity contribution in [2.45, 2.75) is 12.6 Å². The number of alkyl halides is 3. The molecule has 24 heavy (non-hydrogen) atoms. The van der Waals surface area contributed by atoms with Gasteiger partial charge in [0, 0.05) is 11.3 Å². The Morgan fingerprint density at radius 1 is 1.04 bits per heavy atom. The van der Waals surface area contributed by atoms with E-state index in [0.29, 0.717) is 17.1 Å². The maximum Gasteiger partial charge on any atom is 0.416 e. The minimum absolute atomic E-state index is 0.00138. The summed E-state index contributed by atoms with van der Waals surface area (Å²) < 4.78 is 47.8. The van der Waals surface area contributed by atoms with Crippen LogP contribution in [0.3, 0.4) is 0 Å². The van der Waals surface area contributed by atoms with E-state index in [4.69, 9.17) is 9.47 Å². The van der Waals surface area contributed by atoms with Gasteiger partial charge in [-0.3, -0.25) is 4.79 Å². The van der Waals surface area contributed by atoms with Gasteiger partial charge in [0.2, 0.25) is 5.91 Å². The lowest BCUT2D eigenvalue weighted by Gasteiger charge is -2.11. The normalized spacial score (nSPS) is 11.0. The van der Waals surface area contributed by atoms with Crippen LogP contribution in [0, 0.1) is 0 Å². The van der Waals surface area contributed by atoms with E-state index < -0.39 is 11.7 Å². The van der Waals surface area contributed by atoms with Gasteiger partial charge in [-0.05, 0) is 42.5 Å². The lowest BCUT2D eigenvalue weighted by atomic mass is 10.1. The maximum absolute atomic E-state index is 12.5. The average Bonchev–Trinajstić information content (AvgIpc) is 2.54. The fourth-order valence-corrected chi connectivity index (χ4v) is 2.14. The standard InChI is InChI=1S/C17H16F3NO3/c1-23-14-7-8-15(24-2)11(9-14)10-16(22)21-13-5-3-12(4-6-13)17(18,19)20/h3-9H,10H2,1-2H3,(H,21,22). The highest BCUT2D eigenvalue weighted by atomic mass is 19.4. The molecule has 0 bridgehead atoms. The third-order valence-corrected chi connectivity index (χ3v) is 3.33. The number of nitrogens with one attached hydrogen (secondary N) is 1. The molecule has 0 atom stereocenters. The summed E-state index contributed by atoms with van der Waals surface area (Å²) in [5.41, 5.74) is 0.131. The summed E-state index contributed by atoms with van der Waals surface area (Å²) in [7, 11) is 2.99. The van der Waals surface area contributed by atoms with Crippen LogP contribution in [0.4, 0.5) is 18.9 Å². The van der Waals surface area contributed by atoms with Crippen molar-refractivity contribution in [2.75, 3.05) is 19.5 Å². The van der Waals surface area contributed by atoms with E-state index in [9.17, 15) is 18.0 Å². The molecule has 0 saturated carbocycles. The van der Waals surface area contributed by atoms with Gasteiger partial charge in [0.05, 0.1) is 26.2 Å². The van der Waals surface area contributed by atoms with Gasteiger partial charge < -0.3 is 14.8 Å². The number of methoxy groups -OCH3 is 2. The molecule has 0 aliphatic carbocycles. The summed E-state index contributed by atoms with van der Waals surface area (Å²) in [6.07, 6.45) is -4.40. The van der Waals surface area contributed by atoms with Crippen LogP contribution in [0.2, 0.25) is 0 Å². The number of hydrogen-bond acceptors (Lipinski definition) is 3. The van der Waals surface area contributed by atoms with Gasteiger partial charge in [0.15, 0.2) is 0 Å². The minimum atomic E-state index is -4.41. The molecule has 2 aromatic carbocycles. The maximum atomic E-state index is 12.5. The molecule has 0 unspecified atom stereocenters. The molecule has 128 valence electrons. The number of carbonyl (C=O) groups excluding carboxylic acids is 1. The van der Waals surface area contributed by atoms with E-state index in [2.05, 4.69) is 5.32 Å². The first-order valence-electron chi connectivity index (χ1n) is 7.01. The summed E-state index contributed by atoms with van der Waals surface area (Å²) >= 11 is 0. The molecule has 0 aliphatic heterocycles. The van der Waals surface area contributed by atoms with Gasteiger partial charge in [-0.2, -0.15) is 13.2 Å². The van der Waals surface area contributed by atoms with Gasteiger partial charge in [-0.15, -0.1) is 0 Å². The molecule has 0 saturated heterocycles. The zero-order valence-electron chi connectivity index (χ0n) is 13.1. The van der Waals surface area contributed by atoms with Crippen molar-refractivity contribution >= 4 is 11.6 Å². The van der Waals surface area contributed by atoms with Gasteiger partial charge in [0.1, 0.15) is 11.5 Å². The highest BCUT2D eigenvalue weighted by molar-refractivity contribution is 5.92. The lowest BCUT2D eigenvalue weighted by Crippen LogP contribution is -2.15.